The van der Waals surface area contributed by atoms with Crippen LogP contribution in [-0.4, -0.2) is 25.3 Å². The monoisotopic (exact) mass is 307 g/mol. The van der Waals surface area contributed by atoms with Gasteiger partial charge in [-0.2, -0.15) is 4.31 Å². The first-order chi connectivity index (χ1) is 8.61. The van der Waals surface area contributed by atoms with Gasteiger partial charge in [-0.3, -0.25) is 0 Å². The number of hydrogen-bond donors (Lipinski definition) is 0. The van der Waals surface area contributed by atoms with E-state index in [-0.39, 0.29) is 11.9 Å². The van der Waals surface area contributed by atoms with Gasteiger partial charge in [0.15, 0.2) is 0 Å². The molecule has 0 spiro atoms. The van der Waals surface area contributed by atoms with E-state index >= 15 is 0 Å². The average molecular weight is 308 g/mol. The topological polar surface area (TPSA) is 37.4 Å². The molecule has 3 nitrogen and oxygen atoms in total. The summed E-state index contributed by atoms with van der Waals surface area (Å²) in [6, 6.07) is 1.89. The Morgan fingerprint density at radius 3 is 2.78 bits per heavy atom. The Morgan fingerprint density at radius 1 is 1.50 bits per heavy atom. The van der Waals surface area contributed by atoms with Gasteiger partial charge in [0.2, 0.25) is 10.0 Å². The zero-order valence-corrected chi connectivity index (χ0v) is 12.8. The third kappa shape index (κ3) is 2.90. The molecule has 0 amide bonds. The highest BCUT2D eigenvalue weighted by Gasteiger charge is 2.38. The lowest BCUT2D eigenvalue weighted by Gasteiger charge is -2.21. The number of halogens is 1. The maximum atomic E-state index is 12.6. The van der Waals surface area contributed by atoms with Crippen molar-refractivity contribution in [1.82, 2.24) is 4.31 Å². The summed E-state index contributed by atoms with van der Waals surface area (Å²) >= 11 is 7.22. The number of sulfonamides is 1. The highest BCUT2D eigenvalue weighted by Crippen LogP contribution is 2.35. The molecule has 0 bridgehead atoms. The van der Waals surface area contributed by atoms with E-state index in [0.717, 1.165) is 30.6 Å². The smallest absolute Gasteiger partial charge is 0.207 e. The van der Waals surface area contributed by atoms with Crippen LogP contribution in [-0.2, 0) is 15.9 Å². The van der Waals surface area contributed by atoms with Crippen molar-refractivity contribution in [2.24, 2.45) is 0 Å². The number of rotatable bonds is 7. The fourth-order valence-corrected chi connectivity index (χ4v) is 5.36. The molecule has 0 aliphatic heterocycles. The second kappa shape index (κ2) is 5.90. The van der Waals surface area contributed by atoms with E-state index in [0.29, 0.717) is 11.4 Å². The standard InChI is InChI=1S/C12H18ClNO2S2/c1-2-3-7-14(10-4-5-10)18(15,16)12-6-8-17-11(12)9-13/h6,8,10H,2-5,7,9H2,1H3. The van der Waals surface area contributed by atoms with E-state index in [2.05, 4.69) is 6.92 Å². The SMILES string of the molecule is CCCCN(C1CC1)S(=O)(=O)c1ccsc1CCl. The molecule has 1 heterocycles. The van der Waals surface area contributed by atoms with Gasteiger partial charge in [-0.25, -0.2) is 8.42 Å². The quantitative estimate of drug-likeness (QED) is 0.724. The van der Waals surface area contributed by atoms with Crippen molar-refractivity contribution in [1.29, 1.82) is 0 Å². The van der Waals surface area contributed by atoms with Gasteiger partial charge in [0.05, 0.1) is 10.8 Å². The largest absolute Gasteiger partial charge is 0.244 e. The van der Waals surface area contributed by atoms with Gasteiger partial charge in [-0.1, -0.05) is 13.3 Å². The molecule has 18 heavy (non-hydrogen) atoms. The Kier molecular flexibility index (Phi) is 4.69. The van der Waals surface area contributed by atoms with Gasteiger partial charge in [0.1, 0.15) is 0 Å². The van der Waals surface area contributed by atoms with Crippen LogP contribution in [0.3, 0.4) is 0 Å². The zero-order valence-electron chi connectivity index (χ0n) is 10.4. The Labute approximate surface area is 118 Å². The molecule has 0 aromatic carbocycles. The molecule has 1 fully saturated rings. The average Bonchev–Trinajstić information content (AvgIpc) is 3.05. The van der Waals surface area contributed by atoms with Gasteiger partial charge in [0.25, 0.3) is 0 Å². The molecule has 1 aliphatic carbocycles. The molecule has 1 saturated carbocycles. The minimum Gasteiger partial charge on any atom is -0.207 e. The normalized spacial score (nSPS) is 16.4. The van der Waals surface area contributed by atoms with Crippen LogP contribution in [0.25, 0.3) is 0 Å². The van der Waals surface area contributed by atoms with Crippen LogP contribution < -0.4 is 0 Å². The Balaban J connectivity index is 2.27. The minimum atomic E-state index is -3.35. The summed E-state index contributed by atoms with van der Waals surface area (Å²) in [6.07, 6.45) is 3.90. The van der Waals surface area contributed by atoms with Crippen molar-refractivity contribution in [2.45, 2.75) is 49.4 Å². The first-order valence-corrected chi connectivity index (χ1v) is 9.10. The van der Waals surface area contributed by atoms with E-state index in [1.165, 1.54) is 11.3 Å². The van der Waals surface area contributed by atoms with Crippen LogP contribution in [0.15, 0.2) is 16.3 Å². The fraction of sp³-hybridized carbons (Fsp3) is 0.667. The number of alkyl halides is 1. The van der Waals surface area contributed by atoms with Gasteiger partial charge >= 0.3 is 0 Å². The fourth-order valence-electron chi connectivity index (χ4n) is 1.96. The molecule has 0 unspecified atom stereocenters. The summed E-state index contributed by atoms with van der Waals surface area (Å²) in [5.41, 5.74) is 0. The zero-order chi connectivity index (χ0) is 13.2. The Morgan fingerprint density at radius 2 is 2.22 bits per heavy atom. The summed E-state index contributed by atoms with van der Waals surface area (Å²) < 4.78 is 26.9. The number of thiophene rings is 1. The molecule has 1 aliphatic rings. The Hall–Kier alpha value is -0.100. The lowest BCUT2D eigenvalue weighted by molar-refractivity contribution is 0.395. The molecule has 6 heteroatoms. The predicted molar refractivity (Wildman–Crippen MR) is 75.7 cm³/mol. The molecule has 0 radical (unpaired) electrons. The first-order valence-electron chi connectivity index (χ1n) is 6.25. The molecule has 1 aromatic heterocycles. The van der Waals surface area contributed by atoms with Crippen molar-refractivity contribution in [3.8, 4) is 0 Å². The lowest BCUT2D eigenvalue weighted by Crippen LogP contribution is -2.34. The molecule has 1 aromatic rings. The van der Waals surface area contributed by atoms with Crippen molar-refractivity contribution in [3.63, 3.8) is 0 Å². The van der Waals surface area contributed by atoms with Crippen LogP contribution >= 0.6 is 22.9 Å². The van der Waals surface area contributed by atoms with Gasteiger partial charge in [-0.15, -0.1) is 22.9 Å². The van der Waals surface area contributed by atoms with Crippen LogP contribution in [0.4, 0.5) is 0 Å². The molecule has 102 valence electrons. The molecular weight excluding hydrogens is 290 g/mol. The summed E-state index contributed by atoms with van der Waals surface area (Å²) in [6.45, 7) is 2.70. The first kappa shape index (κ1) is 14.3. The van der Waals surface area contributed by atoms with E-state index < -0.39 is 10.0 Å². The van der Waals surface area contributed by atoms with E-state index in [1.54, 1.807) is 15.8 Å². The maximum absolute atomic E-state index is 12.6. The molecule has 0 N–H and O–H groups in total. The predicted octanol–water partition coefficient (Wildman–Crippen LogP) is 3.44. The summed E-state index contributed by atoms with van der Waals surface area (Å²) in [5, 5.41) is 1.80. The van der Waals surface area contributed by atoms with Crippen molar-refractivity contribution < 1.29 is 8.42 Å². The molecule has 0 atom stereocenters. The molecule has 0 saturated heterocycles. The highest BCUT2D eigenvalue weighted by molar-refractivity contribution is 7.89. The van der Waals surface area contributed by atoms with Crippen molar-refractivity contribution in [2.75, 3.05) is 6.54 Å². The van der Waals surface area contributed by atoms with Crippen LogP contribution in [0, 0.1) is 0 Å². The number of unbranched alkanes of at least 4 members (excludes halogenated alkanes) is 1. The summed E-state index contributed by atoms with van der Waals surface area (Å²) in [4.78, 5) is 1.16. The van der Waals surface area contributed by atoms with Crippen molar-refractivity contribution >= 4 is 33.0 Å². The third-order valence-electron chi connectivity index (χ3n) is 3.10. The van der Waals surface area contributed by atoms with Gasteiger partial charge in [-0.05, 0) is 30.7 Å². The molecule has 2 rings (SSSR count). The Bertz CT molecular complexity index is 494. The van der Waals surface area contributed by atoms with E-state index in [9.17, 15) is 8.42 Å². The van der Waals surface area contributed by atoms with Crippen LogP contribution in [0.5, 0.6) is 0 Å². The highest BCUT2D eigenvalue weighted by atomic mass is 35.5. The second-order valence-corrected chi connectivity index (χ2v) is 7.67. The third-order valence-corrected chi connectivity index (χ3v) is 6.61. The van der Waals surface area contributed by atoms with Crippen molar-refractivity contribution in [3.05, 3.63) is 16.3 Å². The molecular formula is C12H18ClNO2S2. The van der Waals surface area contributed by atoms with E-state index in [4.69, 9.17) is 11.6 Å². The van der Waals surface area contributed by atoms with Crippen LogP contribution in [0.1, 0.15) is 37.5 Å². The maximum Gasteiger partial charge on any atom is 0.244 e. The second-order valence-electron chi connectivity index (χ2n) is 4.54. The lowest BCUT2D eigenvalue weighted by atomic mass is 10.3. The minimum absolute atomic E-state index is 0.213. The van der Waals surface area contributed by atoms with Gasteiger partial charge in [0, 0.05) is 17.5 Å². The number of nitrogens with zero attached hydrogens (tertiary/aromatic N) is 1. The summed E-state index contributed by atoms with van der Waals surface area (Å²) in [5.74, 6) is 0.262. The number of hydrogen-bond acceptors (Lipinski definition) is 3. The van der Waals surface area contributed by atoms with E-state index in [1.807, 2.05) is 0 Å². The van der Waals surface area contributed by atoms with Crippen LogP contribution in [0.2, 0.25) is 0 Å². The summed E-state index contributed by atoms with van der Waals surface area (Å²) in [7, 11) is -3.35. The van der Waals surface area contributed by atoms with Gasteiger partial charge < -0.3 is 0 Å².